The molecule has 0 aliphatic carbocycles. The van der Waals surface area contributed by atoms with Gasteiger partial charge in [0.15, 0.2) is 0 Å². The first-order chi connectivity index (χ1) is 5.41. The van der Waals surface area contributed by atoms with E-state index >= 15 is 0 Å². The van der Waals surface area contributed by atoms with Crippen LogP contribution in [0.1, 0.15) is 26.2 Å². The van der Waals surface area contributed by atoms with E-state index in [4.69, 9.17) is 11.6 Å². The molecule has 0 aromatic carbocycles. The maximum atomic E-state index is 5.38. The molecule has 0 bridgehead atoms. The van der Waals surface area contributed by atoms with Crippen molar-refractivity contribution >= 4 is 11.6 Å². The van der Waals surface area contributed by atoms with E-state index in [9.17, 15) is 0 Å². The molecule has 1 heterocycles. The minimum Gasteiger partial charge on any atom is -0.286 e. The highest BCUT2D eigenvalue weighted by Gasteiger charge is 1.76. The predicted octanol–water partition coefficient (Wildman–Crippen LogP) is 2.83. The van der Waals surface area contributed by atoms with Gasteiger partial charge in [0, 0.05) is 18.3 Å². The number of unbranched alkanes of at least 4 members (excludes halogenated alkanes) is 2. The summed E-state index contributed by atoms with van der Waals surface area (Å²) in [5.41, 5.74) is 0. The molecule has 3 heteroatoms. The maximum absolute atomic E-state index is 5.38. The van der Waals surface area contributed by atoms with Crippen molar-refractivity contribution in [1.82, 2.24) is 10.2 Å². The molecule has 0 unspecified atom stereocenters. The number of hydrogen-bond donors (Lipinski definition) is 1. The van der Waals surface area contributed by atoms with Crippen LogP contribution in [0.3, 0.4) is 0 Å². The standard InChI is InChI=1S/C5H11Cl.C3H4N2/c1-2-3-4-5-6;1-2-4-5-3-1/h2-5H2,1H3;1-3H,(H,4,5). The number of hydrogen-bond acceptors (Lipinski definition) is 1. The summed E-state index contributed by atoms with van der Waals surface area (Å²) >= 11 is 5.38. The molecule has 2 nitrogen and oxygen atoms in total. The van der Waals surface area contributed by atoms with E-state index in [1.807, 2.05) is 6.07 Å². The average Bonchev–Trinajstić information content (AvgIpc) is 2.57. The summed E-state index contributed by atoms with van der Waals surface area (Å²) < 4.78 is 0. The molecule has 0 radical (unpaired) electrons. The summed E-state index contributed by atoms with van der Waals surface area (Å²) in [4.78, 5) is 0. The lowest BCUT2D eigenvalue weighted by Crippen LogP contribution is -1.70. The minimum atomic E-state index is 0.827. The first kappa shape index (κ1) is 10.5. The fraction of sp³-hybridized carbons (Fsp3) is 0.625. The van der Waals surface area contributed by atoms with E-state index in [1.54, 1.807) is 12.4 Å². The Morgan fingerprint density at radius 2 is 2.27 bits per heavy atom. The summed E-state index contributed by atoms with van der Waals surface area (Å²) in [6.45, 7) is 2.17. The van der Waals surface area contributed by atoms with Crippen molar-refractivity contribution in [2.24, 2.45) is 0 Å². The first-order valence-electron chi connectivity index (χ1n) is 3.91. The third-order valence-electron chi connectivity index (χ3n) is 1.14. The number of aromatic nitrogens is 2. The molecule has 0 saturated heterocycles. The van der Waals surface area contributed by atoms with Crippen LogP contribution in [-0.4, -0.2) is 16.1 Å². The van der Waals surface area contributed by atoms with Gasteiger partial charge < -0.3 is 0 Å². The molecule has 0 fully saturated rings. The van der Waals surface area contributed by atoms with E-state index in [0.29, 0.717) is 0 Å². The van der Waals surface area contributed by atoms with Crippen molar-refractivity contribution < 1.29 is 0 Å². The summed E-state index contributed by atoms with van der Waals surface area (Å²) in [5.74, 6) is 0.827. The Labute approximate surface area is 73.0 Å². The second-order valence-corrected chi connectivity index (χ2v) is 2.54. The van der Waals surface area contributed by atoms with Crippen LogP contribution >= 0.6 is 11.6 Å². The Balaban J connectivity index is 0.000000183. The van der Waals surface area contributed by atoms with Crippen LogP contribution in [-0.2, 0) is 0 Å². The van der Waals surface area contributed by atoms with Crippen molar-refractivity contribution in [3.63, 3.8) is 0 Å². The van der Waals surface area contributed by atoms with E-state index in [0.717, 1.165) is 5.88 Å². The normalized spacial score (nSPS) is 8.55. The number of aromatic amines is 1. The fourth-order valence-electron chi connectivity index (χ4n) is 0.560. The summed E-state index contributed by atoms with van der Waals surface area (Å²) in [7, 11) is 0. The number of nitrogens with one attached hydrogen (secondary N) is 1. The van der Waals surface area contributed by atoms with Gasteiger partial charge in [-0.3, -0.25) is 5.10 Å². The monoisotopic (exact) mass is 174 g/mol. The molecule has 0 saturated carbocycles. The Bertz CT molecular complexity index is 107. The molecule has 1 rings (SSSR count). The molecule has 11 heavy (non-hydrogen) atoms. The maximum Gasteiger partial charge on any atom is 0.0487 e. The Morgan fingerprint density at radius 3 is 2.45 bits per heavy atom. The van der Waals surface area contributed by atoms with E-state index in [2.05, 4.69) is 17.1 Å². The number of H-pyrrole nitrogens is 1. The van der Waals surface area contributed by atoms with E-state index in [-0.39, 0.29) is 0 Å². The first-order valence-corrected chi connectivity index (χ1v) is 4.45. The summed E-state index contributed by atoms with van der Waals surface area (Å²) in [5, 5.41) is 6.21. The number of rotatable bonds is 3. The number of alkyl halides is 1. The molecular formula is C8H15ClN2. The zero-order valence-corrected chi connectivity index (χ0v) is 7.64. The fourth-order valence-corrected chi connectivity index (χ4v) is 0.749. The quantitative estimate of drug-likeness (QED) is 0.554. The van der Waals surface area contributed by atoms with Gasteiger partial charge in [-0.15, -0.1) is 11.6 Å². The van der Waals surface area contributed by atoms with Crippen LogP contribution in [0.25, 0.3) is 0 Å². The van der Waals surface area contributed by atoms with Gasteiger partial charge in [0.1, 0.15) is 0 Å². The van der Waals surface area contributed by atoms with Crippen LogP contribution in [0.2, 0.25) is 0 Å². The Morgan fingerprint density at radius 1 is 1.45 bits per heavy atom. The van der Waals surface area contributed by atoms with Crippen LogP contribution in [0, 0.1) is 0 Å². The number of nitrogens with zero attached hydrogens (tertiary/aromatic N) is 1. The summed E-state index contributed by atoms with van der Waals surface area (Å²) in [6, 6.07) is 1.83. The third kappa shape index (κ3) is 9.50. The molecular weight excluding hydrogens is 160 g/mol. The average molecular weight is 175 g/mol. The minimum absolute atomic E-state index is 0.827. The molecule has 0 spiro atoms. The van der Waals surface area contributed by atoms with Gasteiger partial charge in [-0.05, 0) is 12.5 Å². The molecule has 0 aliphatic rings. The van der Waals surface area contributed by atoms with E-state index < -0.39 is 0 Å². The highest BCUT2D eigenvalue weighted by atomic mass is 35.5. The Kier molecular flexibility index (Phi) is 9.07. The zero-order valence-electron chi connectivity index (χ0n) is 6.89. The van der Waals surface area contributed by atoms with E-state index in [1.165, 1.54) is 19.3 Å². The Hall–Kier alpha value is -0.500. The van der Waals surface area contributed by atoms with Crippen LogP contribution < -0.4 is 0 Å². The van der Waals surface area contributed by atoms with Gasteiger partial charge in [-0.1, -0.05) is 19.8 Å². The van der Waals surface area contributed by atoms with Crippen molar-refractivity contribution in [2.45, 2.75) is 26.2 Å². The van der Waals surface area contributed by atoms with Crippen LogP contribution in [0.15, 0.2) is 18.5 Å². The largest absolute Gasteiger partial charge is 0.286 e. The third-order valence-corrected chi connectivity index (χ3v) is 1.41. The van der Waals surface area contributed by atoms with Crippen molar-refractivity contribution in [3.05, 3.63) is 18.5 Å². The highest BCUT2D eigenvalue weighted by Crippen LogP contribution is 1.93. The SMILES string of the molecule is CCCCCCl.c1cn[nH]c1. The van der Waals surface area contributed by atoms with Gasteiger partial charge >= 0.3 is 0 Å². The van der Waals surface area contributed by atoms with Gasteiger partial charge in [0.2, 0.25) is 0 Å². The lowest BCUT2D eigenvalue weighted by atomic mass is 10.3. The molecule has 0 amide bonds. The molecule has 0 atom stereocenters. The second kappa shape index (κ2) is 9.50. The second-order valence-electron chi connectivity index (χ2n) is 2.16. The lowest BCUT2D eigenvalue weighted by Gasteiger charge is -1.84. The van der Waals surface area contributed by atoms with Gasteiger partial charge in [-0.25, -0.2) is 0 Å². The van der Waals surface area contributed by atoms with Crippen molar-refractivity contribution in [2.75, 3.05) is 5.88 Å². The van der Waals surface area contributed by atoms with Crippen LogP contribution in [0.4, 0.5) is 0 Å². The van der Waals surface area contributed by atoms with Crippen molar-refractivity contribution in [3.8, 4) is 0 Å². The summed E-state index contributed by atoms with van der Waals surface area (Å²) in [6.07, 6.45) is 7.19. The highest BCUT2D eigenvalue weighted by molar-refractivity contribution is 6.17. The lowest BCUT2D eigenvalue weighted by molar-refractivity contribution is 0.776. The van der Waals surface area contributed by atoms with Crippen molar-refractivity contribution in [1.29, 1.82) is 0 Å². The topological polar surface area (TPSA) is 28.7 Å². The molecule has 1 aromatic heterocycles. The zero-order chi connectivity index (χ0) is 8.36. The smallest absolute Gasteiger partial charge is 0.0487 e. The molecule has 0 aliphatic heterocycles. The van der Waals surface area contributed by atoms with Gasteiger partial charge in [-0.2, -0.15) is 5.10 Å². The van der Waals surface area contributed by atoms with Gasteiger partial charge in [0.05, 0.1) is 0 Å². The van der Waals surface area contributed by atoms with Gasteiger partial charge in [0.25, 0.3) is 0 Å². The molecule has 1 N–H and O–H groups in total. The molecule has 64 valence electrons. The number of halogens is 1. The van der Waals surface area contributed by atoms with Crippen LogP contribution in [0.5, 0.6) is 0 Å². The molecule has 1 aromatic rings. The predicted molar refractivity (Wildman–Crippen MR) is 48.8 cm³/mol.